The minimum Gasteiger partial charge on any atom is -0.497 e. The molecule has 17 heavy (non-hydrogen) atoms. The Labute approximate surface area is 98.5 Å². The Morgan fingerprint density at radius 1 is 1.18 bits per heavy atom. The second-order valence-electron chi connectivity index (χ2n) is 3.45. The molecule has 0 bridgehead atoms. The minimum absolute atomic E-state index is 0.147. The quantitative estimate of drug-likeness (QED) is 0.750. The number of benzene rings is 1. The zero-order valence-corrected chi connectivity index (χ0v) is 9.54. The third kappa shape index (κ3) is 2.44. The van der Waals surface area contributed by atoms with E-state index in [1.807, 2.05) is 24.3 Å². The normalized spacial score (nSPS) is 10.0. The van der Waals surface area contributed by atoms with Gasteiger partial charge in [-0.2, -0.15) is 0 Å². The number of rotatable bonds is 3. The molecule has 0 saturated carbocycles. The summed E-state index contributed by atoms with van der Waals surface area (Å²) in [5.41, 5.74) is 1.09. The van der Waals surface area contributed by atoms with Crippen molar-refractivity contribution in [3.63, 3.8) is 0 Å². The number of ether oxygens (including phenoxy) is 1. The van der Waals surface area contributed by atoms with E-state index in [1.54, 1.807) is 7.11 Å². The van der Waals surface area contributed by atoms with Crippen LogP contribution in [0.2, 0.25) is 0 Å². The van der Waals surface area contributed by atoms with Gasteiger partial charge < -0.3 is 4.74 Å². The first-order chi connectivity index (χ1) is 8.20. The highest BCUT2D eigenvalue weighted by molar-refractivity contribution is 5.91. The lowest BCUT2D eigenvalue weighted by molar-refractivity contribution is 0.101. The van der Waals surface area contributed by atoms with Crippen molar-refractivity contribution in [2.75, 3.05) is 7.11 Å². The summed E-state index contributed by atoms with van der Waals surface area (Å²) in [7, 11) is 1.61. The molecule has 0 saturated heterocycles. The van der Waals surface area contributed by atoms with Gasteiger partial charge >= 0.3 is 0 Å². The van der Waals surface area contributed by atoms with Crippen LogP contribution in [0.25, 0.3) is 11.4 Å². The number of methoxy groups -OCH3 is 1. The van der Waals surface area contributed by atoms with E-state index in [0.29, 0.717) is 5.82 Å². The van der Waals surface area contributed by atoms with Crippen LogP contribution in [0.15, 0.2) is 30.5 Å². The number of nitrogens with zero attached hydrogens (tertiary/aromatic N) is 3. The predicted octanol–water partition coefficient (Wildman–Crippen LogP) is 1.75. The molecule has 1 aromatic heterocycles. The molecular formula is C12H11N3O2. The largest absolute Gasteiger partial charge is 0.497 e. The van der Waals surface area contributed by atoms with E-state index in [0.717, 1.165) is 11.3 Å². The van der Waals surface area contributed by atoms with Crippen molar-refractivity contribution >= 4 is 5.78 Å². The molecule has 1 heterocycles. The number of carbonyl (C=O) groups excluding carboxylic acids is 1. The highest BCUT2D eigenvalue weighted by Gasteiger charge is 2.05. The third-order valence-electron chi connectivity index (χ3n) is 2.27. The lowest BCUT2D eigenvalue weighted by Gasteiger charge is -2.01. The van der Waals surface area contributed by atoms with Gasteiger partial charge in [0.15, 0.2) is 11.6 Å². The van der Waals surface area contributed by atoms with E-state index in [9.17, 15) is 4.79 Å². The van der Waals surface area contributed by atoms with Crippen LogP contribution in [0, 0.1) is 0 Å². The first kappa shape index (κ1) is 11.2. The summed E-state index contributed by atoms with van der Waals surface area (Å²) < 4.78 is 5.05. The van der Waals surface area contributed by atoms with Gasteiger partial charge in [0.1, 0.15) is 11.4 Å². The Bertz CT molecular complexity index is 520. The van der Waals surface area contributed by atoms with Crippen LogP contribution in [0.4, 0.5) is 0 Å². The molecule has 2 rings (SSSR count). The molecule has 0 N–H and O–H groups in total. The van der Waals surface area contributed by atoms with Gasteiger partial charge in [-0.1, -0.05) is 0 Å². The molecule has 0 spiro atoms. The van der Waals surface area contributed by atoms with Crippen molar-refractivity contribution in [1.82, 2.24) is 15.2 Å². The maximum Gasteiger partial charge on any atom is 0.181 e. The molecule has 0 unspecified atom stereocenters. The van der Waals surface area contributed by atoms with E-state index in [4.69, 9.17) is 4.74 Å². The number of carbonyl (C=O) groups is 1. The number of hydrogen-bond donors (Lipinski definition) is 0. The van der Waals surface area contributed by atoms with E-state index < -0.39 is 0 Å². The molecule has 1 aromatic carbocycles. The zero-order chi connectivity index (χ0) is 12.3. The van der Waals surface area contributed by atoms with Crippen molar-refractivity contribution in [3.05, 3.63) is 36.2 Å². The van der Waals surface area contributed by atoms with Crippen molar-refractivity contribution in [1.29, 1.82) is 0 Å². The third-order valence-corrected chi connectivity index (χ3v) is 2.27. The average Bonchev–Trinajstić information content (AvgIpc) is 2.39. The van der Waals surface area contributed by atoms with Crippen LogP contribution in [-0.2, 0) is 0 Å². The smallest absolute Gasteiger partial charge is 0.181 e. The standard InChI is InChI=1S/C12H11N3O2/c1-8(16)11-7-13-12(15-14-11)9-3-5-10(17-2)6-4-9/h3-7H,1-2H3. The SMILES string of the molecule is COc1ccc(-c2ncc(C(C)=O)nn2)cc1. The van der Waals surface area contributed by atoms with Gasteiger partial charge in [-0.25, -0.2) is 4.98 Å². The fraction of sp³-hybridized carbons (Fsp3) is 0.167. The van der Waals surface area contributed by atoms with E-state index >= 15 is 0 Å². The first-order valence-corrected chi connectivity index (χ1v) is 5.06. The van der Waals surface area contributed by atoms with Gasteiger partial charge in [-0.15, -0.1) is 10.2 Å². The summed E-state index contributed by atoms with van der Waals surface area (Å²) in [4.78, 5) is 15.1. The monoisotopic (exact) mass is 229 g/mol. The van der Waals surface area contributed by atoms with Crippen molar-refractivity contribution in [2.24, 2.45) is 0 Å². The van der Waals surface area contributed by atoms with E-state index in [-0.39, 0.29) is 11.5 Å². The van der Waals surface area contributed by atoms with Crippen LogP contribution in [0.5, 0.6) is 5.75 Å². The molecule has 5 nitrogen and oxygen atoms in total. The molecule has 0 aliphatic carbocycles. The Morgan fingerprint density at radius 2 is 1.88 bits per heavy atom. The topological polar surface area (TPSA) is 65.0 Å². The second-order valence-corrected chi connectivity index (χ2v) is 3.45. The molecule has 0 aliphatic heterocycles. The lowest BCUT2D eigenvalue weighted by Crippen LogP contribution is -2.01. The predicted molar refractivity (Wildman–Crippen MR) is 61.8 cm³/mol. The minimum atomic E-state index is -0.147. The molecule has 86 valence electrons. The molecule has 5 heteroatoms. The van der Waals surface area contributed by atoms with Crippen LogP contribution in [-0.4, -0.2) is 28.1 Å². The summed E-state index contributed by atoms with van der Waals surface area (Å²) in [6.07, 6.45) is 1.43. The van der Waals surface area contributed by atoms with Crippen LogP contribution >= 0.6 is 0 Å². The fourth-order valence-electron chi connectivity index (χ4n) is 1.31. The summed E-state index contributed by atoms with van der Waals surface area (Å²) in [6, 6.07) is 7.31. The number of aromatic nitrogens is 3. The number of ketones is 1. The molecule has 2 aromatic rings. The highest BCUT2D eigenvalue weighted by Crippen LogP contribution is 2.18. The Morgan fingerprint density at radius 3 is 2.35 bits per heavy atom. The molecule has 0 radical (unpaired) electrons. The van der Waals surface area contributed by atoms with Crippen molar-refractivity contribution < 1.29 is 9.53 Å². The molecule has 0 atom stereocenters. The number of Topliss-reactive ketones (excluding diaryl/α,β-unsaturated/α-hetero) is 1. The van der Waals surface area contributed by atoms with E-state index in [2.05, 4.69) is 15.2 Å². The average molecular weight is 229 g/mol. The van der Waals surface area contributed by atoms with Crippen molar-refractivity contribution in [2.45, 2.75) is 6.92 Å². The Hall–Kier alpha value is -2.30. The summed E-state index contributed by atoms with van der Waals surface area (Å²) in [5, 5.41) is 7.71. The van der Waals surface area contributed by atoms with Crippen LogP contribution in [0.3, 0.4) is 0 Å². The lowest BCUT2D eigenvalue weighted by atomic mass is 10.2. The van der Waals surface area contributed by atoms with Gasteiger partial charge in [0, 0.05) is 12.5 Å². The summed E-state index contributed by atoms with van der Waals surface area (Å²) in [6.45, 7) is 1.43. The Balaban J connectivity index is 2.29. The first-order valence-electron chi connectivity index (χ1n) is 5.06. The van der Waals surface area contributed by atoms with E-state index in [1.165, 1.54) is 13.1 Å². The second kappa shape index (κ2) is 4.69. The number of hydrogen-bond acceptors (Lipinski definition) is 5. The highest BCUT2D eigenvalue weighted by atomic mass is 16.5. The maximum atomic E-state index is 11.0. The van der Waals surface area contributed by atoms with Gasteiger partial charge in [0.2, 0.25) is 0 Å². The van der Waals surface area contributed by atoms with Gasteiger partial charge in [-0.3, -0.25) is 4.79 Å². The fourth-order valence-corrected chi connectivity index (χ4v) is 1.31. The zero-order valence-electron chi connectivity index (χ0n) is 9.54. The van der Waals surface area contributed by atoms with Crippen molar-refractivity contribution in [3.8, 4) is 17.1 Å². The molecule has 0 aliphatic rings. The van der Waals surface area contributed by atoms with Gasteiger partial charge in [-0.05, 0) is 24.3 Å². The van der Waals surface area contributed by atoms with Crippen LogP contribution < -0.4 is 4.74 Å². The van der Waals surface area contributed by atoms with Crippen LogP contribution in [0.1, 0.15) is 17.4 Å². The maximum absolute atomic E-state index is 11.0. The summed E-state index contributed by atoms with van der Waals surface area (Å²) >= 11 is 0. The molecular weight excluding hydrogens is 218 g/mol. The molecule has 0 fully saturated rings. The van der Waals surface area contributed by atoms with Gasteiger partial charge in [0.25, 0.3) is 0 Å². The molecule has 0 amide bonds. The van der Waals surface area contributed by atoms with Gasteiger partial charge in [0.05, 0.1) is 13.3 Å². The Kier molecular flexibility index (Phi) is 3.09. The summed E-state index contributed by atoms with van der Waals surface area (Å²) in [5.74, 6) is 1.10.